The molecule has 19 heteroatoms. The van der Waals surface area contributed by atoms with E-state index in [1.807, 2.05) is 212 Å². The lowest BCUT2D eigenvalue weighted by Crippen LogP contribution is -2.71. The van der Waals surface area contributed by atoms with Crippen LogP contribution >= 0.6 is 34.9 Å². The molecular formula is C69H58F3N6O7S3+. The molecule has 0 saturated carbocycles. The van der Waals surface area contributed by atoms with Gasteiger partial charge < -0.3 is 24.9 Å². The fourth-order valence-electron chi connectivity index (χ4n) is 10.5. The van der Waals surface area contributed by atoms with E-state index in [2.05, 4.69) is 15.8 Å². The fourth-order valence-corrected chi connectivity index (χ4v) is 13.6. The van der Waals surface area contributed by atoms with Gasteiger partial charge in [0.2, 0.25) is 6.54 Å². The number of alkyl halides is 3. The number of hydrogen-bond acceptors (Lipinski definition) is 13. The van der Waals surface area contributed by atoms with E-state index in [9.17, 15) is 27.6 Å². The number of esters is 2. The number of β-lactam (4-membered cyclic amide) rings is 1. The van der Waals surface area contributed by atoms with Crippen molar-refractivity contribution in [2.24, 2.45) is 5.16 Å². The summed E-state index contributed by atoms with van der Waals surface area (Å²) in [7, 11) is 0. The lowest BCUT2D eigenvalue weighted by molar-refractivity contribution is -0.719. The molecule has 444 valence electrons. The third-order valence-corrected chi connectivity index (χ3v) is 17.9. The first-order valence-electron chi connectivity index (χ1n) is 28.2. The lowest BCUT2D eigenvalue weighted by atomic mass is 9.77. The molecule has 13 nitrogen and oxygen atoms in total. The van der Waals surface area contributed by atoms with Gasteiger partial charge in [-0.3, -0.25) is 19.3 Å². The van der Waals surface area contributed by atoms with E-state index >= 15 is 4.79 Å². The highest BCUT2D eigenvalue weighted by molar-refractivity contribution is 8.01. The Balaban J connectivity index is 0.899. The van der Waals surface area contributed by atoms with Crippen molar-refractivity contribution in [3.05, 3.63) is 298 Å². The number of halogens is 3. The van der Waals surface area contributed by atoms with Gasteiger partial charge in [-0.1, -0.05) is 217 Å². The molecule has 1 fully saturated rings. The van der Waals surface area contributed by atoms with Crippen molar-refractivity contribution in [2.75, 3.05) is 16.8 Å². The quantitative estimate of drug-likeness (QED) is 0.0120. The number of thioether (sulfide) groups is 2. The summed E-state index contributed by atoms with van der Waals surface area (Å²) in [6.07, 6.45) is -4.52. The number of oxime groups is 1. The Morgan fingerprint density at radius 3 is 1.62 bits per heavy atom. The molecule has 2 aromatic heterocycles. The van der Waals surface area contributed by atoms with Crippen LogP contribution in [0.1, 0.15) is 70.2 Å². The van der Waals surface area contributed by atoms with Crippen LogP contribution in [-0.2, 0) is 45.6 Å². The summed E-state index contributed by atoms with van der Waals surface area (Å²) in [5.41, 5.74) is 4.99. The van der Waals surface area contributed by atoms with E-state index in [0.717, 1.165) is 32.4 Å². The summed E-state index contributed by atoms with van der Waals surface area (Å²) in [4.78, 5) is 71.7. The molecule has 2 N–H and O–H groups in total. The predicted molar refractivity (Wildman–Crippen MR) is 334 cm³/mol. The standard InChI is InChI=1S/C69H57F3N6O7S3/c1-46(41-57(79)83-61(47-23-9-2-10-24-47)48-25-11-3-12-26-48)85-76-58(56-44-88-67(73-56)75-69(52-31-17-6-18-32-52,53-33-19-7-20-34-53)54-35-21-8-22-36-54)63(80)74-59-64(81)78-60(66(82)84-62(49-27-13-4-14-28-49)50-29-15-5-16-30-50)51(43-87-65(59)78)42-86-55-37-39-77(40-38-55)45-68(70,71)72/h2-40,44,46,59,61-62,65H,41-43,45H2,1H3,(H-,73,74,75,80)/p+1/b76-58+/t46?,59-,65-/m1/s1. The summed E-state index contributed by atoms with van der Waals surface area (Å²) in [5, 5.41) is 12.3. The molecule has 1 saturated heterocycles. The van der Waals surface area contributed by atoms with Crippen LogP contribution in [0.25, 0.3) is 0 Å². The van der Waals surface area contributed by atoms with Crippen molar-refractivity contribution in [1.82, 2.24) is 15.2 Å². The van der Waals surface area contributed by atoms with Crippen LogP contribution in [0.15, 0.2) is 264 Å². The van der Waals surface area contributed by atoms with E-state index in [4.69, 9.17) is 19.3 Å². The van der Waals surface area contributed by atoms with Crippen molar-refractivity contribution in [1.29, 1.82) is 0 Å². The fraction of sp³-hybridized carbons (Fsp3) is 0.174. The molecule has 0 aliphatic carbocycles. The number of amides is 2. The predicted octanol–water partition coefficient (Wildman–Crippen LogP) is 13.0. The number of ether oxygens (including phenoxy) is 2. The number of anilines is 1. The monoisotopic (exact) mass is 1240 g/mol. The second-order valence-electron chi connectivity index (χ2n) is 20.8. The van der Waals surface area contributed by atoms with Crippen LogP contribution < -0.4 is 15.2 Å². The highest BCUT2D eigenvalue weighted by atomic mass is 32.2. The minimum atomic E-state index is -4.41. The average molecular weight is 1240 g/mol. The molecule has 0 radical (unpaired) electrons. The highest BCUT2D eigenvalue weighted by Crippen LogP contribution is 2.44. The van der Waals surface area contributed by atoms with E-state index in [1.54, 1.807) is 24.4 Å². The van der Waals surface area contributed by atoms with Crippen molar-refractivity contribution < 1.29 is 51.2 Å². The Kier molecular flexibility index (Phi) is 18.9. The molecule has 88 heavy (non-hydrogen) atoms. The number of carbonyl (C=O) groups is 4. The van der Waals surface area contributed by atoms with Gasteiger partial charge in [0.1, 0.15) is 34.4 Å². The Hall–Kier alpha value is -9.30. The van der Waals surface area contributed by atoms with Crippen LogP contribution in [-0.4, -0.2) is 74.6 Å². The Morgan fingerprint density at radius 1 is 0.682 bits per heavy atom. The molecule has 4 heterocycles. The molecule has 0 spiro atoms. The van der Waals surface area contributed by atoms with Crippen LogP contribution in [0.5, 0.6) is 0 Å². The van der Waals surface area contributed by atoms with Gasteiger partial charge >= 0.3 is 18.1 Å². The van der Waals surface area contributed by atoms with Gasteiger partial charge in [-0.15, -0.1) is 34.9 Å². The number of carbonyl (C=O) groups excluding carboxylic acids is 4. The number of benzene rings is 7. The first kappa shape index (κ1) is 60.4. The zero-order valence-corrected chi connectivity index (χ0v) is 49.8. The highest BCUT2D eigenvalue weighted by Gasteiger charge is 2.55. The molecular weight excluding hydrogens is 1180 g/mol. The minimum absolute atomic E-state index is 0.000305. The summed E-state index contributed by atoms with van der Waals surface area (Å²) in [5.74, 6) is -2.40. The maximum Gasteiger partial charge on any atom is 0.448 e. The van der Waals surface area contributed by atoms with Crippen LogP contribution in [0.4, 0.5) is 18.3 Å². The number of aromatic nitrogens is 2. The molecule has 3 atom stereocenters. The third-order valence-electron chi connectivity index (χ3n) is 14.7. The van der Waals surface area contributed by atoms with Gasteiger partial charge in [-0.05, 0) is 51.4 Å². The summed E-state index contributed by atoms with van der Waals surface area (Å²) >= 11 is 3.84. The van der Waals surface area contributed by atoms with Crippen molar-refractivity contribution in [3.8, 4) is 0 Å². The second kappa shape index (κ2) is 27.6. The average Bonchev–Trinajstić information content (AvgIpc) is 0.800. The SMILES string of the molecule is CC(CC(=O)OC(c1ccccc1)c1ccccc1)O/N=C(/C(=O)N[C@@H]1C(=O)N2C(C(=O)OC(c3ccccc3)c3ccccc3)=C(CSc3cc[n+](CC(F)(F)F)cc3)CS[C@H]12)c1csc(NC(c2ccccc2)(c2ccccc2)c2ccccc2)n1. The number of thiazole rings is 1. The number of pyridine rings is 1. The van der Waals surface area contributed by atoms with E-state index in [1.165, 1.54) is 52.2 Å². The number of rotatable bonds is 23. The van der Waals surface area contributed by atoms with E-state index < -0.39 is 71.7 Å². The van der Waals surface area contributed by atoms with Crippen molar-refractivity contribution in [2.45, 2.75) is 66.2 Å². The van der Waals surface area contributed by atoms with Gasteiger partial charge in [0.25, 0.3) is 11.8 Å². The van der Waals surface area contributed by atoms with Crippen LogP contribution in [0.3, 0.4) is 0 Å². The largest absolute Gasteiger partial charge is 0.452 e. The maximum absolute atomic E-state index is 15.1. The zero-order chi connectivity index (χ0) is 61.0. The molecule has 1 unspecified atom stereocenters. The smallest absolute Gasteiger partial charge is 0.448 e. The lowest BCUT2D eigenvalue weighted by Gasteiger charge is -2.49. The van der Waals surface area contributed by atoms with Crippen LogP contribution in [0, 0.1) is 0 Å². The summed E-state index contributed by atoms with van der Waals surface area (Å²) in [6, 6.07) is 68.8. The van der Waals surface area contributed by atoms with Gasteiger partial charge in [0.05, 0.1) is 6.42 Å². The molecule has 9 aromatic rings. The number of hydrogen-bond donors (Lipinski definition) is 2. The molecule has 7 aromatic carbocycles. The number of fused-ring (bicyclic) bond motifs is 1. The number of nitrogens with zero attached hydrogens (tertiary/aromatic N) is 4. The summed E-state index contributed by atoms with van der Waals surface area (Å²) < 4.78 is 53.2. The topological polar surface area (TPSA) is 152 Å². The van der Waals surface area contributed by atoms with E-state index in [0.29, 0.717) is 26.7 Å². The van der Waals surface area contributed by atoms with Gasteiger partial charge in [0.15, 0.2) is 35.4 Å². The Labute approximate surface area is 519 Å². The second-order valence-corrected chi connectivity index (χ2v) is 23.8. The molecule has 2 amide bonds. The Bertz CT molecular complexity index is 3740. The number of nitrogens with one attached hydrogen (secondary N) is 2. The third kappa shape index (κ3) is 14.1. The van der Waals surface area contributed by atoms with Gasteiger partial charge in [-0.25, -0.2) is 9.78 Å². The van der Waals surface area contributed by atoms with Crippen LogP contribution in [0.2, 0.25) is 0 Å². The normalized spacial score (nSPS) is 15.5. The maximum atomic E-state index is 15.1. The zero-order valence-electron chi connectivity index (χ0n) is 47.3. The first-order chi connectivity index (χ1) is 42.8. The molecule has 11 rings (SSSR count). The molecule has 2 aliphatic heterocycles. The first-order valence-corrected chi connectivity index (χ1v) is 31.1. The van der Waals surface area contributed by atoms with Crippen molar-refractivity contribution >= 4 is 69.5 Å². The molecule has 2 aliphatic rings. The minimum Gasteiger partial charge on any atom is -0.452 e. The van der Waals surface area contributed by atoms with Gasteiger partial charge in [-0.2, -0.15) is 17.7 Å². The van der Waals surface area contributed by atoms with Gasteiger partial charge in [0, 0.05) is 33.9 Å². The Morgan fingerprint density at radius 2 is 1.15 bits per heavy atom. The summed E-state index contributed by atoms with van der Waals surface area (Å²) in [6.45, 7) is 0.470. The van der Waals surface area contributed by atoms with E-state index in [-0.39, 0.29) is 35.0 Å². The van der Waals surface area contributed by atoms with Crippen molar-refractivity contribution in [3.63, 3.8) is 0 Å². The molecule has 0 bridgehead atoms.